The maximum atomic E-state index is 12.3. The van der Waals surface area contributed by atoms with Gasteiger partial charge in [0, 0.05) is 17.8 Å². The van der Waals surface area contributed by atoms with Crippen molar-refractivity contribution in [3.8, 4) is 0 Å². The third-order valence-corrected chi connectivity index (χ3v) is 7.63. The van der Waals surface area contributed by atoms with Crippen LogP contribution in [0.25, 0.3) is 0 Å². The fourth-order valence-corrected chi connectivity index (χ4v) is 6.15. The molecule has 4 nitrogen and oxygen atoms in total. The molecule has 0 amide bonds. The molecule has 2 rings (SSSR count). The van der Waals surface area contributed by atoms with Gasteiger partial charge in [-0.25, -0.2) is 13.1 Å². The first-order chi connectivity index (χ1) is 9.55. The van der Waals surface area contributed by atoms with Crippen LogP contribution in [0, 0.1) is 0 Å². The van der Waals surface area contributed by atoms with Crippen LogP contribution < -0.4 is 10.0 Å². The third-order valence-electron chi connectivity index (χ3n) is 3.38. The number of rotatable bonds is 7. The van der Waals surface area contributed by atoms with Crippen molar-refractivity contribution in [2.24, 2.45) is 0 Å². The highest BCUT2D eigenvalue weighted by atomic mass is 32.2. The quantitative estimate of drug-likeness (QED) is 0.804. The maximum Gasteiger partial charge on any atom is 0.250 e. The Kier molecular flexibility index (Phi) is 5.92. The average molecular weight is 335 g/mol. The van der Waals surface area contributed by atoms with Crippen LogP contribution in [0.1, 0.15) is 31.7 Å². The van der Waals surface area contributed by atoms with E-state index in [1.54, 1.807) is 6.07 Å². The van der Waals surface area contributed by atoms with Crippen molar-refractivity contribution in [2.45, 2.75) is 48.2 Å². The Labute approximate surface area is 129 Å². The van der Waals surface area contributed by atoms with Crippen LogP contribution in [0.15, 0.2) is 15.7 Å². The Balaban J connectivity index is 1.97. The molecule has 2 N–H and O–H groups in total. The van der Waals surface area contributed by atoms with Crippen molar-refractivity contribution in [3.63, 3.8) is 0 Å². The Hall–Kier alpha value is -0.0800. The zero-order valence-electron chi connectivity index (χ0n) is 11.9. The molecule has 1 heterocycles. The van der Waals surface area contributed by atoms with E-state index in [0.717, 1.165) is 30.6 Å². The summed E-state index contributed by atoms with van der Waals surface area (Å²) < 4.78 is 28.0. The Morgan fingerprint density at radius 3 is 2.95 bits per heavy atom. The minimum absolute atomic E-state index is 0.0962. The monoisotopic (exact) mass is 334 g/mol. The molecule has 0 bridgehead atoms. The Morgan fingerprint density at radius 1 is 1.45 bits per heavy atom. The van der Waals surface area contributed by atoms with Gasteiger partial charge in [-0.1, -0.05) is 6.92 Å². The van der Waals surface area contributed by atoms with Crippen molar-refractivity contribution >= 4 is 33.1 Å². The second-order valence-electron chi connectivity index (χ2n) is 5.01. The lowest BCUT2D eigenvalue weighted by Gasteiger charge is -2.12. The summed E-state index contributed by atoms with van der Waals surface area (Å²) in [5, 5.41) is 5.54. The predicted octanol–water partition coefficient (Wildman–Crippen LogP) is 2.42. The number of hydrogen-bond donors (Lipinski definition) is 2. The molecule has 0 spiro atoms. The minimum Gasteiger partial charge on any atom is -0.316 e. The lowest BCUT2D eigenvalue weighted by Crippen LogP contribution is -2.32. The van der Waals surface area contributed by atoms with Crippen LogP contribution >= 0.6 is 23.1 Å². The lowest BCUT2D eigenvalue weighted by molar-refractivity contribution is 0.554. The van der Waals surface area contributed by atoms with E-state index in [2.05, 4.69) is 17.0 Å². The third kappa shape index (κ3) is 4.21. The Bertz CT molecular complexity index is 527. The summed E-state index contributed by atoms with van der Waals surface area (Å²) in [6, 6.07) is 1.86. The summed E-state index contributed by atoms with van der Waals surface area (Å²) in [6.45, 7) is 2.85. The SMILES string of the molecule is CCSC1CCC(NS(=O)(=O)c2cc(CNC)cs2)C1. The van der Waals surface area contributed by atoms with Gasteiger partial charge in [-0.05, 0) is 49.1 Å². The van der Waals surface area contributed by atoms with Gasteiger partial charge >= 0.3 is 0 Å². The number of sulfonamides is 1. The zero-order valence-corrected chi connectivity index (χ0v) is 14.3. The van der Waals surface area contributed by atoms with Crippen molar-refractivity contribution in [3.05, 3.63) is 17.0 Å². The van der Waals surface area contributed by atoms with Crippen LogP contribution in [0.3, 0.4) is 0 Å². The van der Waals surface area contributed by atoms with Gasteiger partial charge in [-0.3, -0.25) is 0 Å². The molecule has 0 aromatic carbocycles. The smallest absolute Gasteiger partial charge is 0.250 e. The summed E-state index contributed by atoms with van der Waals surface area (Å²) >= 11 is 3.23. The lowest BCUT2D eigenvalue weighted by atomic mass is 10.3. The van der Waals surface area contributed by atoms with Crippen LogP contribution in [-0.2, 0) is 16.6 Å². The highest BCUT2D eigenvalue weighted by Crippen LogP contribution is 2.31. The van der Waals surface area contributed by atoms with Crippen molar-refractivity contribution in [1.82, 2.24) is 10.0 Å². The van der Waals surface area contributed by atoms with Crippen LogP contribution in [0.5, 0.6) is 0 Å². The van der Waals surface area contributed by atoms with Crippen LogP contribution in [0.4, 0.5) is 0 Å². The molecule has 1 aliphatic rings. The second-order valence-corrected chi connectivity index (χ2v) is 9.44. The summed E-state index contributed by atoms with van der Waals surface area (Å²) in [5.74, 6) is 1.10. The molecule has 7 heteroatoms. The fourth-order valence-electron chi connectivity index (χ4n) is 2.50. The van der Waals surface area contributed by atoms with Gasteiger partial charge in [-0.15, -0.1) is 11.3 Å². The summed E-state index contributed by atoms with van der Waals surface area (Å²) in [4.78, 5) is 0. The van der Waals surface area contributed by atoms with Crippen LogP contribution in [-0.4, -0.2) is 32.5 Å². The molecular weight excluding hydrogens is 312 g/mol. The molecular formula is C13H22N2O2S3. The van der Waals surface area contributed by atoms with Gasteiger partial charge < -0.3 is 5.32 Å². The fraction of sp³-hybridized carbons (Fsp3) is 0.692. The van der Waals surface area contributed by atoms with E-state index in [1.165, 1.54) is 11.3 Å². The molecule has 114 valence electrons. The number of hydrogen-bond acceptors (Lipinski definition) is 5. The largest absolute Gasteiger partial charge is 0.316 e. The van der Waals surface area contributed by atoms with E-state index < -0.39 is 10.0 Å². The Morgan fingerprint density at radius 2 is 2.25 bits per heavy atom. The minimum atomic E-state index is -3.35. The molecule has 0 aliphatic heterocycles. The first-order valence-electron chi connectivity index (χ1n) is 6.91. The molecule has 1 aliphatic carbocycles. The first-order valence-corrected chi connectivity index (χ1v) is 10.3. The normalized spacial score (nSPS) is 23.3. The molecule has 1 saturated carbocycles. The van der Waals surface area contributed by atoms with Crippen molar-refractivity contribution < 1.29 is 8.42 Å². The number of thioether (sulfide) groups is 1. The number of nitrogens with one attached hydrogen (secondary N) is 2. The average Bonchev–Trinajstić information content (AvgIpc) is 3.00. The summed E-state index contributed by atoms with van der Waals surface area (Å²) in [5.41, 5.74) is 1.02. The van der Waals surface area contributed by atoms with E-state index in [9.17, 15) is 8.42 Å². The van der Waals surface area contributed by atoms with Gasteiger partial charge in [-0.2, -0.15) is 11.8 Å². The van der Waals surface area contributed by atoms with Gasteiger partial charge in [0.1, 0.15) is 4.21 Å². The molecule has 20 heavy (non-hydrogen) atoms. The van der Waals surface area contributed by atoms with E-state index in [-0.39, 0.29) is 6.04 Å². The van der Waals surface area contributed by atoms with E-state index in [1.807, 2.05) is 24.2 Å². The molecule has 1 aromatic heterocycles. The van der Waals surface area contributed by atoms with E-state index >= 15 is 0 Å². The van der Waals surface area contributed by atoms with Crippen molar-refractivity contribution in [2.75, 3.05) is 12.8 Å². The highest BCUT2D eigenvalue weighted by molar-refractivity contribution is 7.99. The summed E-state index contributed by atoms with van der Waals surface area (Å²) in [6.07, 6.45) is 3.01. The van der Waals surface area contributed by atoms with Gasteiger partial charge in [0.05, 0.1) is 0 Å². The van der Waals surface area contributed by atoms with E-state index in [0.29, 0.717) is 16.0 Å². The van der Waals surface area contributed by atoms with Gasteiger partial charge in [0.2, 0.25) is 10.0 Å². The van der Waals surface area contributed by atoms with Crippen molar-refractivity contribution in [1.29, 1.82) is 0 Å². The highest BCUT2D eigenvalue weighted by Gasteiger charge is 2.29. The molecule has 1 aromatic rings. The molecule has 2 unspecified atom stereocenters. The van der Waals surface area contributed by atoms with E-state index in [4.69, 9.17) is 0 Å². The molecule has 0 radical (unpaired) electrons. The second kappa shape index (κ2) is 7.26. The number of thiophene rings is 1. The standard InChI is InChI=1S/C13H22N2O2S3/c1-3-18-12-5-4-11(7-12)15-20(16,17)13-6-10(8-14-2)9-19-13/h6,9,11-12,14-15H,3-5,7-8H2,1-2H3. The van der Waals surface area contributed by atoms with Crippen LogP contribution in [0.2, 0.25) is 0 Å². The predicted molar refractivity (Wildman–Crippen MR) is 87.0 cm³/mol. The summed E-state index contributed by atoms with van der Waals surface area (Å²) in [7, 11) is -1.49. The van der Waals surface area contributed by atoms with Gasteiger partial charge in [0.15, 0.2) is 0 Å². The topological polar surface area (TPSA) is 58.2 Å². The molecule has 1 fully saturated rings. The first kappa shape index (κ1) is 16.3. The molecule has 0 saturated heterocycles. The molecule has 2 atom stereocenters. The zero-order chi connectivity index (χ0) is 14.6. The van der Waals surface area contributed by atoms with Gasteiger partial charge in [0.25, 0.3) is 0 Å². The maximum absolute atomic E-state index is 12.3.